The van der Waals surface area contributed by atoms with Crippen LogP contribution in [-0.2, 0) is 16.1 Å². The summed E-state index contributed by atoms with van der Waals surface area (Å²) >= 11 is 0. The van der Waals surface area contributed by atoms with Crippen molar-refractivity contribution in [3.63, 3.8) is 0 Å². The highest BCUT2D eigenvalue weighted by Gasteiger charge is 2.50. The van der Waals surface area contributed by atoms with Crippen LogP contribution in [0, 0.1) is 11.3 Å². The Morgan fingerprint density at radius 3 is 2.38 bits per heavy atom. The summed E-state index contributed by atoms with van der Waals surface area (Å²) in [6.45, 7) is 5.57. The van der Waals surface area contributed by atoms with Gasteiger partial charge in [-0.25, -0.2) is 9.59 Å². The van der Waals surface area contributed by atoms with Gasteiger partial charge >= 0.3 is 12.2 Å². The first-order valence-electron chi connectivity index (χ1n) is 10.1. The molecule has 2 fully saturated rings. The molecule has 7 nitrogen and oxygen atoms in total. The number of amides is 2. The Morgan fingerprint density at radius 2 is 1.83 bits per heavy atom. The van der Waals surface area contributed by atoms with E-state index in [4.69, 9.17) is 9.47 Å². The van der Waals surface area contributed by atoms with E-state index in [0.29, 0.717) is 12.8 Å². The van der Waals surface area contributed by atoms with E-state index in [9.17, 15) is 14.9 Å². The van der Waals surface area contributed by atoms with Crippen molar-refractivity contribution in [2.45, 2.75) is 82.7 Å². The zero-order valence-electron chi connectivity index (χ0n) is 17.3. The molecule has 2 amide bonds. The fourth-order valence-corrected chi connectivity index (χ4v) is 4.27. The lowest BCUT2D eigenvalue weighted by atomic mass is 9.74. The maximum absolute atomic E-state index is 12.8. The van der Waals surface area contributed by atoms with Gasteiger partial charge in [0.15, 0.2) is 0 Å². The van der Waals surface area contributed by atoms with Crippen LogP contribution in [0.15, 0.2) is 30.3 Å². The Kier molecular flexibility index (Phi) is 6.02. The van der Waals surface area contributed by atoms with E-state index in [0.717, 1.165) is 24.8 Å². The molecule has 2 aliphatic heterocycles. The van der Waals surface area contributed by atoms with Gasteiger partial charge in [-0.1, -0.05) is 30.3 Å². The monoisotopic (exact) mass is 399 g/mol. The second-order valence-corrected chi connectivity index (χ2v) is 8.92. The Balaban J connectivity index is 1.67. The third kappa shape index (κ3) is 5.20. The number of rotatable bonds is 3. The second-order valence-electron chi connectivity index (χ2n) is 8.92. The Morgan fingerprint density at radius 1 is 1.21 bits per heavy atom. The lowest BCUT2D eigenvalue weighted by molar-refractivity contribution is -0.00519. The van der Waals surface area contributed by atoms with Gasteiger partial charge in [0.2, 0.25) is 0 Å². The molecule has 2 unspecified atom stereocenters. The molecule has 29 heavy (non-hydrogen) atoms. The van der Waals surface area contributed by atoms with E-state index in [1.807, 2.05) is 30.3 Å². The van der Waals surface area contributed by atoms with E-state index in [-0.39, 0.29) is 24.8 Å². The van der Waals surface area contributed by atoms with Gasteiger partial charge in [0, 0.05) is 24.9 Å². The third-order valence-corrected chi connectivity index (χ3v) is 5.40. The molecule has 3 rings (SSSR count). The van der Waals surface area contributed by atoms with Crippen LogP contribution in [0.1, 0.15) is 58.4 Å². The van der Waals surface area contributed by atoms with Crippen LogP contribution in [0.5, 0.6) is 0 Å². The van der Waals surface area contributed by atoms with Gasteiger partial charge in [-0.05, 0) is 45.6 Å². The summed E-state index contributed by atoms with van der Waals surface area (Å²) in [5.41, 5.74) is -0.742. The van der Waals surface area contributed by atoms with Crippen LogP contribution in [0.2, 0.25) is 0 Å². The molecule has 0 aromatic heterocycles. The van der Waals surface area contributed by atoms with Crippen LogP contribution in [-0.4, -0.2) is 40.3 Å². The number of nitrogens with zero attached hydrogens (tertiary/aromatic N) is 2. The predicted octanol–water partition coefficient (Wildman–Crippen LogP) is 4.13. The maximum Gasteiger partial charge on any atom is 0.410 e. The minimum Gasteiger partial charge on any atom is -0.445 e. The van der Waals surface area contributed by atoms with Crippen molar-refractivity contribution in [3.05, 3.63) is 35.9 Å². The van der Waals surface area contributed by atoms with Gasteiger partial charge in [0.05, 0.1) is 6.07 Å². The van der Waals surface area contributed by atoms with E-state index in [1.54, 1.807) is 25.7 Å². The molecule has 1 aromatic rings. The van der Waals surface area contributed by atoms with E-state index >= 15 is 0 Å². The topological polar surface area (TPSA) is 91.7 Å². The van der Waals surface area contributed by atoms with Crippen molar-refractivity contribution in [1.82, 2.24) is 10.2 Å². The largest absolute Gasteiger partial charge is 0.445 e. The number of alkyl carbamates (subject to hydrolysis) is 1. The van der Waals surface area contributed by atoms with Crippen LogP contribution in [0.3, 0.4) is 0 Å². The number of carbonyl (C=O) groups excluding carboxylic acids is 2. The van der Waals surface area contributed by atoms with Crippen molar-refractivity contribution < 1.29 is 19.1 Å². The normalized spacial score (nSPS) is 26.2. The van der Waals surface area contributed by atoms with Gasteiger partial charge in [-0.2, -0.15) is 5.26 Å². The molecule has 0 aliphatic carbocycles. The number of carbonyl (C=O) groups is 2. The molecule has 2 bridgehead atoms. The SMILES string of the molecule is CC(C)(C)OC(=O)NC1(C#N)CC2CCCC(C1)N2C(=O)OCc1ccccc1. The number of fused-ring (bicyclic) bond motifs is 2. The van der Waals surface area contributed by atoms with E-state index in [2.05, 4.69) is 11.4 Å². The molecule has 156 valence electrons. The molecule has 2 saturated heterocycles. The average molecular weight is 399 g/mol. The van der Waals surface area contributed by atoms with Gasteiger partial charge in [-0.15, -0.1) is 0 Å². The van der Waals surface area contributed by atoms with Gasteiger partial charge in [-0.3, -0.25) is 0 Å². The third-order valence-electron chi connectivity index (χ3n) is 5.40. The lowest BCUT2D eigenvalue weighted by Gasteiger charge is -2.50. The maximum atomic E-state index is 12.8. The first kappa shape index (κ1) is 21.0. The number of hydrogen-bond acceptors (Lipinski definition) is 5. The van der Waals surface area contributed by atoms with Crippen molar-refractivity contribution in [2.75, 3.05) is 0 Å². The average Bonchev–Trinajstić information content (AvgIpc) is 2.64. The van der Waals surface area contributed by atoms with Gasteiger partial charge in [0.1, 0.15) is 17.7 Å². The summed E-state index contributed by atoms with van der Waals surface area (Å²) < 4.78 is 10.9. The summed E-state index contributed by atoms with van der Waals surface area (Å²) in [6, 6.07) is 11.6. The van der Waals surface area contributed by atoms with Crippen molar-refractivity contribution in [2.24, 2.45) is 0 Å². The van der Waals surface area contributed by atoms with Crippen molar-refractivity contribution in [3.8, 4) is 6.07 Å². The Labute approximate surface area is 172 Å². The highest BCUT2D eigenvalue weighted by Crippen LogP contribution is 2.39. The number of ether oxygens (including phenoxy) is 2. The lowest BCUT2D eigenvalue weighted by Crippen LogP contribution is -2.64. The molecule has 2 heterocycles. The molecule has 7 heteroatoms. The minimum atomic E-state index is -1.03. The second kappa shape index (κ2) is 8.32. The first-order chi connectivity index (χ1) is 13.7. The highest BCUT2D eigenvalue weighted by atomic mass is 16.6. The van der Waals surface area contributed by atoms with Crippen LogP contribution >= 0.6 is 0 Å². The quantitative estimate of drug-likeness (QED) is 0.825. The zero-order chi connectivity index (χ0) is 21.1. The molecule has 2 aliphatic rings. The Bertz CT molecular complexity index is 767. The fraction of sp³-hybridized carbons (Fsp3) is 0.591. The summed E-state index contributed by atoms with van der Waals surface area (Å²) in [7, 11) is 0. The fourth-order valence-electron chi connectivity index (χ4n) is 4.27. The molecule has 0 radical (unpaired) electrons. The van der Waals surface area contributed by atoms with Crippen molar-refractivity contribution >= 4 is 12.2 Å². The number of benzene rings is 1. The smallest absolute Gasteiger partial charge is 0.410 e. The molecule has 2 atom stereocenters. The van der Waals surface area contributed by atoms with Crippen molar-refractivity contribution in [1.29, 1.82) is 5.26 Å². The summed E-state index contributed by atoms with van der Waals surface area (Å²) in [5.74, 6) is 0. The molecular weight excluding hydrogens is 370 g/mol. The summed E-state index contributed by atoms with van der Waals surface area (Å²) in [5, 5.41) is 12.6. The predicted molar refractivity (Wildman–Crippen MR) is 107 cm³/mol. The summed E-state index contributed by atoms with van der Waals surface area (Å²) in [4.78, 5) is 26.9. The Hall–Kier alpha value is -2.75. The molecule has 1 aromatic carbocycles. The zero-order valence-corrected chi connectivity index (χ0v) is 17.3. The number of hydrogen-bond donors (Lipinski definition) is 1. The molecular formula is C22H29N3O4. The van der Waals surface area contributed by atoms with Gasteiger partial charge < -0.3 is 19.7 Å². The number of nitrogens with one attached hydrogen (secondary N) is 1. The minimum absolute atomic E-state index is 0.139. The van der Waals surface area contributed by atoms with Crippen LogP contribution in [0.4, 0.5) is 9.59 Å². The molecule has 0 spiro atoms. The summed E-state index contributed by atoms with van der Waals surface area (Å²) in [6.07, 6.45) is 2.36. The van der Waals surface area contributed by atoms with Crippen LogP contribution in [0.25, 0.3) is 0 Å². The molecule has 1 N–H and O–H groups in total. The first-order valence-corrected chi connectivity index (χ1v) is 10.1. The standard InChI is InChI=1S/C22H29N3O4/c1-21(2,3)29-19(26)24-22(15-23)12-17-10-7-11-18(13-22)25(17)20(27)28-14-16-8-5-4-6-9-16/h4-6,8-9,17-18H,7,10-14H2,1-3H3,(H,24,26). The van der Waals surface area contributed by atoms with Crippen LogP contribution < -0.4 is 5.32 Å². The molecule has 0 saturated carbocycles. The van der Waals surface area contributed by atoms with E-state index in [1.165, 1.54) is 0 Å². The van der Waals surface area contributed by atoms with Gasteiger partial charge in [0.25, 0.3) is 0 Å². The number of piperidine rings is 2. The highest BCUT2D eigenvalue weighted by molar-refractivity contribution is 5.71. The number of nitriles is 1. The van der Waals surface area contributed by atoms with E-state index < -0.39 is 17.2 Å².